The van der Waals surface area contributed by atoms with Crippen LogP contribution in [-0.4, -0.2) is 31.4 Å². The second-order valence-electron chi connectivity index (χ2n) is 6.87. The van der Waals surface area contributed by atoms with Crippen molar-refractivity contribution in [3.05, 3.63) is 59.7 Å². The van der Waals surface area contributed by atoms with Gasteiger partial charge < -0.3 is 15.5 Å². The summed E-state index contributed by atoms with van der Waals surface area (Å²) in [6.45, 7) is 3.72. The Bertz CT molecular complexity index is 851. The van der Waals surface area contributed by atoms with Crippen LogP contribution in [0.4, 0.5) is 24.5 Å². The molecular weight excluding hydrogens is 383 g/mol. The molecular formula is C21H25F3N3O2+. The maximum atomic E-state index is 12.6. The highest BCUT2D eigenvalue weighted by atomic mass is 19.4. The van der Waals surface area contributed by atoms with Gasteiger partial charge in [-0.2, -0.15) is 13.2 Å². The first-order chi connectivity index (χ1) is 13.6. The molecule has 29 heavy (non-hydrogen) atoms. The van der Waals surface area contributed by atoms with Crippen LogP contribution in [-0.2, 0) is 22.2 Å². The van der Waals surface area contributed by atoms with E-state index in [4.69, 9.17) is 0 Å². The number of hydrogen-bond donors (Lipinski definition) is 3. The zero-order valence-corrected chi connectivity index (χ0v) is 16.6. The summed E-state index contributed by atoms with van der Waals surface area (Å²) >= 11 is 0. The molecule has 0 aliphatic carbocycles. The van der Waals surface area contributed by atoms with Crippen molar-refractivity contribution in [2.75, 3.05) is 24.2 Å². The van der Waals surface area contributed by atoms with Crippen LogP contribution in [0, 0.1) is 0 Å². The summed E-state index contributed by atoms with van der Waals surface area (Å²) < 4.78 is 37.8. The molecule has 0 aliphatic heterocycles. The third-order valence-electron chi connectivity index (χ3n) is 4.72. The smallest absolute Gasteiger partial charge is 0.321 e. The molecule has 0 aliphatic rings. The largest absolute Gasteiger partial charge is 0.416 e. The first kappa shape index (κ1) is 22.4. The number of quaternary nitrogens is 1. The Morgan fingerprint density at radius 2 is 1.66 bits per heavy atom. The lowest BCUT2D eigenvalue weighted by molar-refractivity contribution is -0.885. The summed E-state index contributed by atoms with van der Waals surface area (Å²) in [5.74, 6) is -0.610. The number of hydrogen-bond acceptors (Lipinski definition) is 2. The predicted octanol–water partition coefficient (Wildman–Crippen LogP) is 2.75. The van der Waals surface area contributed by atoms with Gasteiger partial charge in [-0.25, -0.2) is 0 Å². The number of para-hydroxylation sites is 1. The number of nitrogens with one attached hydrogen (secondary N) is 3. The molecule has 5 nitrogen and oxygen atoms in total. The van der Waals surface area contributed by atoms with E-state index < -0.39 is 17.8 Å². The van der Waals surface area contributed by atoms with Gasteiger partial charge in [0.2, 0.25) is 0 Å². The summed E-state index contributed by atoms with van der Waals surface area (Å²) in [5.41, 5.74) is 1.25. The van der Waals surface area contributed by atoms with Gasteiger partial charge in [-0.3, -0.25) is 9.59 Å². The van der Waals surface area contributed by atoms with E-state index in [9.17, 15) is 22.8 Å². The van der Waals surface area contributed by atoms with Crippen LogP contribution in [0.3, 0.4) is 0 Å². The lowest BCUT2D eigenvalue weighted by Gasteiger charge is -2.21. The van der Waals surface area contributed by atoms with Crippen LogP contribution in [0.1, 0.15) is 25.0 Å². The molecule has 0 fully saturated rings. The van der Waals surface area contributed by atoms with Crippen LogP contribution in [0.15, 0.2) is 48.5 Å². The van der Waals surface area contributed by atoms with Crippen LogP contribution in [0.25, 0.3) is 0 Å². The number of halogens is 3. The molecule has 2 aromatic carbocycles. The van der Waals surface area contributed by atoms with E-state index in [1.807, 2.05) is 31.2 Å². The number of benzene rings is 2. The van der Waals surface area contributed by atoms with Crippen molar-refractivity contribution in [3.63, 3.8) is 0 Å². The monoisotopic (exact) mass is 408 g/mol. The second-order valence-corrected chi connectivity index (χ2v) is 6.87. The lowest BCUT2D eigenvalue weighted by atomic mass is 10.1. The third-order valence-corrected chi connectivity index (χ3v) is 4.72. The number of alkyl halides is 3. The first-order valence-corrected chi connectivity index (χ1v) is 9.30. The van der Waals surface area contributed by atoms with Crippen LogP contribution >= 0.6 is 0 Å². The first-order valence-electron chi connectivity index (χ1n) is 9.30. The quantitative estimate of drug-likeness (QED) is 0.660. The van der Waals surface area contributed by atoms with Crippen molar-refractivity contribution >= 4 is 23.2 Å². The number of likely N-dealkylation sites (N-methyl/N-ethyl adjacent to an activating group) is 1. The van der Waals surface area contributed by atoms with Gasteiger partial charge >= 0.3 is 6.18 Å². The van der Waals surface area contributed by atoms with Crippen LogP contribution < -0.4 is 15.5 Å². The summed E-state index contributed by atoms with van der Waals surface area (Å²) in [6, 6.07) is 11.2. The maximum Gasteiger partial charge on any atom is 0.416 e. The molecule has 0 heterocycles. The summed E-state index contributed by atoms with van der Waals surface area (Å²) in [7, 11) is 1.71. The van der Waals surface area contributed by atoms with Gasteiger partial charge in [-0.1, -0.05) is 25.1 Å². The van der Waals surface area contributed by atoms with Crippen LogP contribution in [0.2, 0.25) is 0 Å². The molecule has 0 aromatic heterocycles. The van der Waals surface area contributed by atoms with Gasteiger partial charge in [-0.05, 0) is 49.2 Å². The Morgan fingerprint density at radius 3 is 2.24 bits per heavy atom. The van der Waals surface area contributed by atoms with Gasteiger partial charge in [0.25, 0.3) is 11.8 Å². The highest BCUT2D eigenvalue weighted by molar-refractivity contribution is 5.94. The minimum Gasteiger partial charge on any atom is -0.321 e. The highest BCUT2D eigenvalue weighted by Crippen LogP contribution is 2.29. The Morgan fingerprint density at radius 1 is 1.03 bits per heavy atom. The van der Waals surface area contributed by atoms with Gasteiger partial charge in [0.1, 0.15) is 0 Å². The van der Waals surface area contributed by atoms with Crippen molar-refractivity contribution in [2.24, 2.45) is 0 Å². The van der Waals surface area contributed by atoms with E-state index >= 15 is 0 Å². The molecule has 2 amide bonds. The minimum atomic E-state index is -4.43. The van der Waals surface area contributed by atoms with Crippen molar-refractivity contribution in [2.45, 2.75) is 32.5 Å². The van der Waals surface area contributed by atoms with E-state index in [1.165, 1.54) is 12.1 Å². The Hall–Kier alpha value is -2.87. The molecule has 1 unspecified atom stereocenters. The summed E-state index contributed by atoms with van der Waals surface area (Å²) in [5, 5.41) is 5.44. The fourth-order valence-corrected chi connectivity index (χ4v) is 2.77. The van der Waals surface area contributed by atoms with Crippen LogP contribution in [0.5, 0.6) is 0 Å². The minimum absolute atomic E-state index is 0.0691. The Labute approximate surface area is 167 Å². The molecule has 156 valence electrons. The maximum absolute atomic E-state index is 12.6. The van der Waals surface area contributed by atoms with E-state index in [0.29, 0.717) is 4.90 Å². The molecule has 0 radical (unpaired) electrons. The summed E-state index contributed by atoms with van der Waals surface area (Å²) in [4.78, 5) is 25.4. The van der Waals surface area contributed by atoms with E-state index in [0.717, 1.165) is 29.8 Å². The molecule has 0 saturated carbocycles. The number of amides is 2. The second kappa shape index (κ2) is 9.56. The van der Waals surface area contributed by atoms with Gasteiger partial charge in [0.05, 0.1) is 12.6 Å². The molecule has 8 heteroatoms. The fourth-order valence-electron chi connectivity index (χ4n) is 2.77. The fraction of sp³-hybridized carbons (Fsp3) is 0.333. The van der Waals surface area contributed by atoms with E-state index in [2.05, 4.69) is 10.6 Å². The van der Waals surface area contributed by atoms with Crippen molar-refractivity contribution in [3.8, 4) is 0 Å². The van der Waals surface area contributed by atoms with E-state index in [-0.39, 0.29) is 24.0 Å². The predicted molar refractivity (Wildman–Crippen MR) is 106 cm³/mol. The molecule has 2 rings (SSSR count). The SMILES string of the molecule is CCc1ccccc1NC(=O)C[NH+](C)[C@@H](C)C(=O)Nc1ccc(C(F)(F)F)cc1. The highest BCUT2D eigenvalue weighted by Gasteiger charge is 2.30. The van der Waals surface area contributed by atoms with Gasteiger partial charge in [0.15, 0.2) is 12.6 Å². The number of anilines is 2. The topological polar surface area (TPSA) is 62.6 Å². The van der Waals surface area contributed by atoms with E-state index in [1.54, 1.807) is 14.0 Å². The normalized spacial score (nSPS) is 13.4. The summed E-state index contributed by atoms with van der Waals surface area (Å²) in [6.07, 6.45) is -3.64. The van der Waals surface area contributed by atoms with Gasteiger partial charge in [-0.15, -0.1) is 0 Å². The Balaban J connectivity index is 1.92. The average Bonchev–Trinajstić information content (AvgIpc) is 2.67. The van der Waals surface area contributed by atoms with Crippen molar-refractivity contribution < 1.29 is 27.7 Å². The van der Waals surface area contributed by atoms with Crippen molar-refractivity contribution in [1.82, 2.24) is 0 Å². The zero-order valence-electron chi connectivity index (χ0n) is 16.6. The average molecular weight is 408 g/mol. The van der Waals surface area contributed by atoms with Gasteiger partial charge in [0, 0.05) is 11.4 Å². The molecule has 0 bridgehead atoms. The number of aryl methyl sites for hydroxylation is 1. The molecule has 2 aromatic rings. The molecule has 0 saturated heterocycles. The molecule has 2 atom stereocenters. The number of carbonyl (C=O) groups excluding carboxylic acids is 2. The molecule has 0 spiro atoms. The Kier molecular flexibility index (Phi) is 7.39. The standard InChI is InChI=1S/C21H24F3N3O2/c1-4-15-7-5-6-8-18(15)26-19(28)13-27(3)14(2)20(29)25-17-11-9-16(10-12-17)21(22,23)24/h5-12,14H,4,13H2,1-3H3,(H,25,29)(H,26,28)/p+1/t14-/m0/s1. The molecule has 3 N–H and O–H groups in total. The van der Waals surface area contributed by atoms with Crippen molar-refractivity contribution in [1.29, 1.82) is 0 Å². The number of carbonyl (C=O) groups is 2. The zero-order chi connectivity index (χ0) is 21.6. The third kappa shape index (κ3) is 6.32. The number of rotatable bonds is 7. The lowest BCUT2D eigenvalue weighted by Crippen LogP contribution is -3.14.